The normalized spacial score (nSPS) is 13.7. The van der Waals surface area contributed by atoms with Gasteiger partial charge >= 0.3 is 0 Å². The van der Waals surface area contributed by atoms with Crippen molar-refractivity contribution in [2.24, 2.45) is 0 Å². The highest BCUT2D eigenvalue weighted by Crippen LogP contribution is 2.36. The first-order chi connectivity index (χ1) is 18.8. The van der Waals surface area contributed by atoms with Crippen LogP contribution < -0.4 is 15.9 Å². The molecule has 4 bridgehead atoms. The molecule has 4 aliphatic rings. The molecular formula is C35H32NOP. The van der Waals surface area contributed by atoms with E-state index in [4.69, 9.17) is 4.74 Å². The molecule has 1 aromatic heterocycles. The number of aryl methyl sites for hydroxylation is 4. The highest BCUT2D eigenvalue weighted by molar-refractivity contribution is 7.79. The highest BCUT2D eigenvalue weighted by Gasteiger charge is 2.23. The summed E-state index contributed by atoms with van der Waals surface area (Å²) in [6.07, 6.45) is 5.65. The van der Waals surface area contributed by atoms with Gasteiger partial charge < -0.3 is 4.74 Å². The maximum absolute atomic E-state index is 6.03. The van der Waals surface area contributed by atoms with Crippen molar-refractivity contribution in [3.8, 4) is 0 Å². The fraction of sp³-hybridized carbons (Fsp3) is 0.171. The first-order valence-corrected chi connectivity index (χ1v) is 14.7. The van der Waals surface area contributed by atoms with Crippen molar-refractivity contribution < 1.29 is 4.74 Å². The van der Waals surface area contributed by atoms with Crippen LogP contribution in [0.5, 0.6) is 0 Å². The fourth-order valence-corrected chi connectivity index (χ4v) is 8.10. The number of benzene rings is 4. The smallest absolute Gasteiger partial charge is 0.124 e. The Labute approximate surface area is 227 Å². The second-order valence-corrected chi connectivity index (χ2v) is 12.1. The van der Waals surface area contributed by atoms with E-state index in [9.17, 15) is 0 Å². The van der Waals surface area contributed by atoms with Gasteiger partial charge in [0.2, 0.25) is 0 Å². The summed E-state index contributed by atoms with van der Waals surface area (Å²) in [6, 6.07) is 42.4. The fourth-order valence-electron chi connectivity index (χ4n) is 5.53. The van der Waals surface area contributed by atoms with Crippen LogP contribution in [-0.4, -0.2) is 12.1 Å². The van der Waals surface area contributed by atoms with Gasteiger partial charge in [0.05, 0.1) is 5.69 Å². The Hall–Kier alpha value is -3.58. The Morgan fingerprint density at radius 3 is 1.87 bits per heavy atom. The molecule has 0 amide bonds. The third kappa shape index (κ3) is 5.20. The first kappa shape index (κ1) is 24.7. The van der Waals surface area contributed by atoms with Crippen LogP contribution in [0.1, 0.15) is 39.6 Å². The molecule has 0 unspecified atom stereocenters. The van der Waals surface area contributed by atoms with Crippen molar-refractivity contribution in [3.05, 3.63) is 155 Å². The van der Waals surface area contributed by atoms with Gasteiger partial charge in [-0.3, -0.25) is 4.98 Å². The number of methoxy groups -OCH3 is 1. The molecular weight excluding hydrogens is 481 g/mol. The van der Waals surface area contributed by atoms with E-state index in [1.165, 1.54) is 43.7 Å². The van der Waals surface area contributed by atoms with Gasteiger partial charge in [0, 0.05) is 13.3 Å². The monoisotopic (exact) mass is 513 g/mol. The van der Waals surface area contributed by atoms with Crippen LogP contribution in [-0.2, 0) is 30.4 Å². The molecule has 0 radical (unpaired) electrons. The summed E-state index contributed by atoms with van der Waals surface area (Å²) >= 11 is 0. The quantitative estimate of drug-likeness (QED) is 0.243. The van der Waals surface area contributed by atoms with Crippen LogP contribution in [0.2, 0.25) is 0 Å². The van der Waals surface area contributed by atoms with Gasteiger partial charge in [-0.1, -0.05) is 103 Å². The Morgan fingerprint density at radius 2 is 1.24 bits per heavy atom. The van der Waals surface area contributed by atoms with Crippen LogP contribution in [0.15, 0.2) is 121 Å². The summed E-state index contributed by atoms with van der Waals surface area (Å²) in [7, 11) is 1.16. The molecule has 2 nitrogen and oxygen atoms in total. The lowest BCUT2D eigenvalue weighted by atomic mass is 9.90. The molecule has 9 rings (SSSR count). The second-order valence-electron chi connectivity index (χ2n) is 9.87. The zero-order chi connectivity index (χ0) is 25.7. The molecule has 1 heterocycles. The molecule has 0 spiro atoms. The largest absolute Gasteiger partial charge is 0.370 e. The molecule has 5 aromatic rings. The number of nitrogens with zero attached hydrogens (tertiary/aromatic N) is 1. The molecule has 4 aliphatic carbocycles. The molecule has 0 aliphatic heterocycles. The Balaban J connectivity index is 1.41. The third-order valence-corrected chi connectivity index (χ3v) is 10.00. The van der Waals surface area contributed by atoms with Gasteiger partial charge in [0.15, 0.2) is 0 Å². The lowest BCUT2D eigenvalue weighted by Crippen LogP contribution is -2.24. The summed E-state index contributed by atoms with van der Waals surface area (Å²) in [5.74, 6) is 0. The van der Waals surface area contributed by atoms with Crippen LogP contribution in [0.4, 0.5) is 0 Å². The average Bonchev–Trinajstić information content (AvgIpc) is 2.97. The minimum Gasteiger partial charge on any atom is -0.370 e. The summed E-state index contributed by atoms with van der Waals surface area (Å²) in [5.41, 5.74) is 7.74. The topological polar surface area (TPSA) is 22.1 Å². The van der Waals surface area contributed by atoms with Crippen molar-refractivity contribution in [1.82, 2.24) is 4.98 Å². The van der Waals surface area contributed by atoms with Crippen LogP contribution in [0.25, 0.3) is 0 Å². The average molecular weight is 514 g/mol. The van der Waals surface area contributed by atoms with E-state index in [-0.39, 0.29) is 6.10 Å². The van der Waals surface area contributed by atoms with Crippen molar-refractivity contribution >= 4 is 23.8 Å². The van der Waals surface area contributed by atoms with Crippen molar-refractivity contribution in [2.45, 2.75) is 31.8 Å². The van der Waals surface area contributed by atoms with Gasteiger partial charge in [-0.2, -0.15) is 0 Å². The highest BCUT2D eigenvalue weighted by atomic mass is 31.1. The van der Waals surface area contributed by atoms with Crippen molar-refractivity contribution in [1.29, 1.82) is 0 Å². The Bertz CT molecular complexity index is 1460. The lowest BCUT2D eigenvalue weighted by molar-refractivity contribution is 0.132. The number of aromatic nitrogens is 1. The summed E-state index contributed by atoms with van der Waals surface area (Å²) in [4.78, 5) is 4.62. The summed E-state index contributed by atoms with van der Waals surface area (Å²) < 4.78 is 6.03. The molecule has 0 saturated carbocycles. The molecule has 0 N–H and O–H groups in total. The van der Waals surface area contributed by atoms with Crippen LogP contribution >= 0.6 is 7.92 Å². The molecule has 0 fully saturated rings. The molecule has 4 aromatic carbocycles. The summed E-state index contributed by atoms with van der Waals surface area (Å²) in [6.45, 7) is 0. The molecule has 1 atom stereocenters. The van der Waals surface area contributed by atoms with Gasteiger partial charge in [0.25, 0.3) is 0 Å². The molecule has 38 heavy (non-hydrogen) atoms. The minimum absolute atomic E-state index is 0.158. The van der Waals surface area contributed by atoms with E-state index >= 15 is 0 Å². The Kier molecular flexibility index (Phi) is 7.45. The first-order valence-electron chi connectivity index (χ1n) is 13.4. The summed E-state index contributed by atoms with van der Waals surface area (Å²) in [5, 5.41) is 4.31. The number of hydrogen-bond donors (Lipinski definition) is 0. The van der Waals surface area contributed by atoms with E-state index < -0.39 is 7.92 Å². The Morgan fingerprint density at radius 1 is 0.632 bits per heavy atom. The standard InChI is InChI=1S/C35H32NOP/c1-37-35(33-14-8-9-23-36-33)32-24-26-15-19-28(32)20-16-27-18-22-29(21-17-26)34(25-27)38(30-10-4-2-5-11-30)31-12-6-3-7-13-31/h2-15,18-19,22-25,35H,16-17,20-21H2,1H3/t35-/m1/s1. The lowest BCUT2D eigenvalue weighted by Gasteiger charge is -2.25. The molecule has 0 saturated heterocycles. The van der Waals surface area contributed by atoms with Gasteiger partial charge in [0.1, 0.15) is 6.10 Å². The van der Waals surface area contributed by atoms with Crippen LogP contribution in [0.3, 0.4) is 0 Å². The van der Waals surface area contributed by atoms with E-state index in [1.807, 2.05) is 18.3 Å². The van der Waals surface area contributed by atoms with Crippen molar-refractivity contribution in [3.63, 3.8) is 0 Å². The van der Waals surface area contributed by atoms with Gasteiger partial charge in [-0.25, -0.2) is 0 Å². The minimum atomic E-state index is -0.634. The number of rotatable bonds is 6. The number of ether oxygens (including phenoxy) is 1. The number of pyridine rings is 1. The molecule has 3 heteroatoms. The maximum atomic E-state index is 6.03. The SMILES string of the molecule is CO[C@@H](c1ccccn1)c1cc2ccc1CCc1ccc(c(P(c3ccccc3)c3ccccc3)c1)CC2. The van der Waals surface area contributed by atoms with Gasteiger partial charge in [-0.15, -0.1) is 0 Å². The van der Waals surface area contributed by atoms with E-state index in [0.717, 1.165) is 31.4 Å². The zero-order valence-corrected chi connectivity index (χ0v) is 22.6. The number of hydrogen-bond acceptors (Lipinski definition) is 2. The predicted molar refractivity (Wildman–Crippen MR) is 159 cm³/mol. The van der Waals surface area contributed by atoms with E-state index in [1.54, 1.807) is 7.11 Å². The van der Waals surface area contributed by atoms with Crippen LogP contribution in [0, 0.1) is 0 Å². The second kappa shape index (κ2) is 11.4. The maximum Gasteiger partial charge on any atom is 0.124 e. The van der Waals surface area contributed by atoms with Crippen molar-refractivity contribution in [2.75, 3.05) is 7.11 Å². The predicted octanol–water partition coefficient (Wildman–Crippen LogP) is 6.46. The van der Waals surface area contributed by atoms with E-state index in [0.29, 0.717) is 0 Å². The van der Waals surface area contributed by atoms with E-state index in [2.05, 4.69) is 108 Å². The zero-order valence-electron chi connectivity index (χ0n) is 21.8. The van der Waals surface area contributed by atoms with Gasteiger partial charge in [-0.05, 0) is 89.5 Å². The molecule has 188 valence electrons. The third-order valence-electron chi connectivity index (χ3n) is 7.47.